The molecule has 128 valence electrons. The molecule has 1 aliphatic rings. The average Bonchev–Trinajstić information content (AvgIpc) is 2.98. The van der Waals surface area contributed by atoms with Gasteiger partial charge in [0.15, 0.2) is 5.96 Å². The maximum atomic E-state index is 13.6. The van der Waals surface area contributed by atoms with E-state index in [-0.39, 0.29) is 12.0 Å². The lowest BCUT2D eigenvalue weighted by Gasteiger charge is -2.21. The number of hydrogen-bond acceptors (Lipinski definition) is 2. The molecular formula is C17H25F2N3O. The minimum atomic E-state index is -0.508. The molecule has 0 spiro atoms. The van der Waals surface area contributed by atoms with Crippen LogP contribution in [0.2, 0.25) is 0 Å². The second-order valence-corrected chi connectivity index (χ2v) is 5.74. The summed E-state index contributed by atoms with van der Waals surface area (Å²) in [6.07, 6.45) is 1.32. The summed E-state index contributed by atoms with van der Waals surface area (Å²) in [5.74, 6) is 0.300. The smallest absolute Gasteiger partial charge is 0.193 e. The summed E-state index contributed by atoms with van der Waals surface area (Å²) in [7, 11) is 1.71. The van der Waals surface area contributed by atoms with Crippen LogP contribution in [0.25, 0.3) is 0 Å². The fourth-order valence-corrected chi connectivity index (χ4v) is 2.87. The zero-order valence-corrected chi connectivity index (χ0v) is 13.8. The minimum absolute atomic E-state index is 0.103. The Morgan fingerprint density at radius 2 is 2.13 bits per heavy atom. The summed E-state index contributed by atoms with van der Waals surface area (Å²) >= 11 is 0. The normalized spacial score (nSPS) is 18.5. The molecule has 0 bridgehead atoms. The van der Waals surface area contributed by atoms with Gasteiger partial charge in [-0.2, -0.15) is 0 Å². The zero-order valence-electron chi connectivity index (χ0n) is 13.8. The van der Waals surface area contributed by atoms with Crippen LogP contribution >= 0.6 is 0 Å². The standard InChI is InChI=1S/C17H25F2N3O/c1-3-20-17(22-10-8-13(11-22)12-23-2)21-9-7-14-15(18)5-4-6-16(14)19/h4-6,13H,3,7-12H2,1-2H3,(H,20,21). The predicted molar refractivity (Wildman–Crippen MR) is 87.6 cm³/mol. The van der Waals surface area contributed by atoms with E-state index in [9.17, 15) is 8.78 Å². The fraction of sp³-hybridized carbons (Fsp3) is 0.588. The molecule has 6 heteroatoms. The van der Waals surface area contributed by atoms with Crippen LogP contribution in [0.4, 0.5) is 8.78 Å². The first-order valence-corrected chi connectivity index (χ1v) is 8.10. The molecule has 23 heavy (non-hydrogen) atoms. The molecule has 1 aromatic rings. The number of hydrogen-bond donors (Lipinski definition) is 1. The summed E-state index contributed by atoms with van der Waals surface area (Å²) in [5, 5.41) is 3.25. The Morgan fingerprint density at radius 1 is 1.39 bits per heavy atom. The topological polar surface area (TPSA) is 36.9 Å². The summed E-state index contributed by atoms with van der Waals surface area (Å²) in [6.45, 7) is 5.69. The van der Waals surface area contributed by atoms with Crippen molar-refractivity contribution in [3.63, 3.8) is 0 Å². The van der Waals surface area contributed by atoms with Crippen molar-refractivity contribution in [2.24, 2.45) is 10.9 Å². The van der Waals surface area contributed by atoms with Gasteiger partial charge in [-0.3, -0.25) is 4.99 Å². The van der Waals surface area contributed by atoms with E-state index in [1.807, 2.05) is 6.92 Å². The van der Waals surface area contributed by atoms with Crippen molar-refractivity contribution in [1.82, 2.24) is 10.2 Å². The molecule has 0 aromatic heterocycles. The minimum Gasteiger partial charge on any atom is -0.384 e. The highest BCUT2D eigenvalue weighted by Gasteiger charge is 2.24. The zero-order chi connectivity index (χ0) is 16.7. The lowest BCUT2D eigenvalue weighted by molar-refractivity contribution is 0.157. The Kier molecular flexibility index (Phi) is 6.77. The summed E-state index contributed by atoms with van der Waals surface area (Å²) < 4.78 is 32.5. The van der Waals surface area contributed by atoms with Gasteiger partial charge in [0.05, 0.1) is 6.61 Å². The van der Waals surface area contributed by atoms with E-state index in [1.165, 1.54) is 18.2 Å². The van der Waals surface area contributed by atoms with Gasteiger partial charge in [0.25, 0.3) is 0 Å². The number of methoxy groups -OCH3 is 1. The van der Waals surface area contributed by atoms with E-state index in [4.69, 9.17) is 4.74 Å². The van der Waals surface area contributed by atoms with Crippen LogP contribution in [-0.2, 0) is 11.2 Å². The molecule has 1 aromatic carbocycles. The van der Waals surface area contributed by atoms with Crippen molar-refractivity contribution in [1.29, 1.82) is 0 Å². The number of ether oxygens (including phenoxy) is 1. The van der Waals surface area contributed by atoms with Crippen molar-refractivity contribution in [3.05, 3.63) is 35.4 Å². The van der Waals surface area contributed by atoms with E-state index < -0.39 is 11.6 Å². The highest BCUT2D eigenvalue weighted by Crippen LogP contribution is 2.17. The van der Waals surface area contributed by atoms with Gasteiger partial charge in [0, 0.05) is 44.8 Å². The van der Waals surface area contributed by atoms with Gasteiger partial charge in [-0.25, -0.2) is 8.78 Å². The van der Waals surface area contributed by atoms with E-state index in [0.29, 0.717) is 12.5 Å². The van der Waals surface area contributed by atoms with Gasteiger partial charge < -0.3 is 15.0 Å². The van der Waals surface area contributed by atoms with Gasteiger partial charge in [0.2, 0.25) is 0 Å². The number of guanidine groups is 1. The Labute approximate surface area is 136 Å². The van der Waals surface area contributed by atoms with Crippen molar-refractivity contribution in [2.75, 3.05) is 39.9 Å². The number of rotatable bonds is 6. The van der Waals surface area contributed by atoms with Crippen LogP contribution in [0, 0.1) is 17.6 Å². The van der Waals surface area contributed by atoms with Gasteiger partial charge in [0.1, 0.15) is 11.6 Å². The highest BCUT2D eigenvalue weighted by atomic mass is 19.1. The number of halogens is 2. The predicted octanol–water partition coefficient (Wildman–Crippen LogP) is 2.44. The van der Waals surface area contributed by atoms with Crippen LogP contribution in [0.3, 0.4) is 0 Å². The first-order valence-electron chi connectivity index (χ1n) is 8.10. The first kappa shape index (κ1) is 17.7. The number of likely N-dealkylation sites (tertiary alicyclic amines) is 1. The summed E-state index contributed by atoms with van der Waals surface area (Å²) in [4.78, 5) is 6.71. The highest BCUT2D eigenvalue weighted by molar-refractivity contribution is 5.80. The van der Waals surface area contributed by atoms with Crippen LogP contribution in [0.15, 0.2) is 23.2 Å². The van der Waals surface area contributed by atoms with Gasteiger partial charge in [-0.05, 0) is 31.9 Å². The van der Waals surface area contributed by atoms with Crippen molar-refractivity contribution < 1.29 is 13.5 Å². The van der Waals surface area contributed by atoms with Crippen LogP contribution in [0.5, 0.6) is 0 Å². The molecule has 1 saturated heterocycles. The summed E-state index contributed by atoms with van der Waals surface area (Å²) in [5.41, 5.74) is 0.103. The molecule has 0 radical (unpaired) electrons. The van der Waals surface area contributed by atoms with Gasteiger partial charge in [-0.1, -0.05) is 6.07 Å². The van der Waals surface area contributed by atoms with Crippen molar-refractivity contribution >= 4 is 5.96 Å². The Balaban J connectivity index is 1.97. The maximum absolute atomic E-state index is 13.6. The molecule has 4 nitrogen and oxygen atoms in total. The molecule has 1 fully saturated rings. The lowest BCUT2D eigenvalue weighted by Crippen LogP contribution is -2.40. The Hall–Kier alpha value is -1.69. The SMILES string of the molecule is CCNC(=NCCc1c(F)cccc1F)N1CCC(COC)C1. The molecule has 0 amide bonds. The van der Waals surface area contributed by atoms with Gasteiger partial charge in [-0.15, -0.1) is 0 Å². The van der Waals surface area contributed by atoms with Crippen molar-refractivity contribution in [3.8, 4) is 0 Å². The van der Waals surface area contributed by atoms with E-state index in [2.05, 4.69) is 15.2 Å². The second kappa shape index (κ2) is 8.82. The maximum Gasteiger partial charge on any atom is 0.193 e. The largest absolute Gasteiger partial charge is 0.384 e. The Morgan fingerprint density at radius 3 is 2.78 bits per heavy atom. The quantitative estimate of drug-likeness (QED) is 0.645. The molecule has 1 N–H and O–H groups in total. The number of nitrogens with zero attached hydrogens (tertiary/aromatic N) is 2. The molecule has 0 saturated carbocycles. The van der Waals surface area contributed by atoms with Crippen LogP contribution < -0.4 is 5.32 Å². The van der Waals surface area contributed by atoms with Gasteiger partial charge >= 0.3 is 0 Å². The molecule has 1 aliphatic heterocycles. The summed E-state index contributed by atoms with van der Waals surface area (Å²) in [6, 6.07) is 3.94. The third-order valence-corrected chi connectivity index (χ3v) is 4.01. The molecule has 2 rings (SSSR count). The average molecular weight is 325 g/mol. The third-order valence-electron chi connectivity index (χ3n) is 4.01. The fourth-order valence-electron chi connectivity index (χ4n) is 2.87. The number of nitrogens with one attached hydrogen (secondary N) is 1. The van der Waals surface area contributed by atoms with E-state index >= 15 is 0 Å². The number of aliphatic imine (C=N–C) groups is 1. The second-order valence-electron chi connectivity index (χ2n) is 5.74. The molecule has 1 heterocycles. The molecule has 0 aliphatic carbocycles. The molecular weight excluding hydrogens is 300 g/mol. The monoisotopic (exact) mass is 325 g/mol. The van der Waals surface area contributed by atoms with E-state index in [1.54, 1.807) is 7.11 Å². The van der Waals surface area contributed by atoms with E-state index in [0.717, 1.165) is 38.6 Å². The van der Waals surface area contributed by atoms with Crippen LogP contribution in [0.1, 0.15) is 18.9 Å². The Bertz CT molecular complexity index is 516. The lowest BCUT2D eigenvalue weighted by atomic mass is 10.1. The van der Waals surface area contributed by atoms with Crippen LogP contribution in [-0.4, -0.2) is 50.8 Å². The first-order chi connectivity index (χ1) is 11.2. The molecule has 1 unspecified atom stereocenters. The third kappa shape index (κ3) is 4.89. The number of benzene rings is 1. The molecule has 1 atom stereocenters. The van der Waals surface area contributed by atoms with Crippen molar-refractivity contribution in [2.45, 2.75) is 19.8 Å².